The molecule has 144 valence electrons. The molecule has 2 aromatic carbocycles. The largest absolute Gasteiger partial charge is 0.484 e. The summed E-state index contributed by atoms with van der Waals surface area (Å²) in [5, 5.41) is 3.33. The van der Waals surface area contributed by atoms with Crippen LogP contribution in [-0.4, -0.2) is 33.9 Å². The molecule has 4 nitrogen and oxygen atoms in total. The number of nitrogens with one attached hydrogen (secondary N) is 1. The smallest absolute Gasteiger partial charge is 0.191 e. The molecule has 2 unspecified atom stereocenters. The van der Waals surface area contributed by atoms with Crippen LogP contribution in [-0.2, 0) is 9.84 Å². The van der Waals surface area contributed by atoms with E-state index < -0.39 is 21.5 Å². The molecule has 1 saturated carbocycles. The molecule has 1 aliphatic carbocycles. The summed E-state index contributed by atoms with van der Waals surface area (Å²) in [6, 6.07) is 8.38. The minimum absolute atomic E-state index is 0.161. The van der Waals surface area contributed by atoms with Crippen molar-refractivity contribution in [3.8, 4) is 16.9 Å². The van der Waals surface area contributed by atoms with Gasteiger partial charge in [-0.1, -0.05) is 12.1 Å². The van der Waals surface area contributed by atoms with Crippen LogP contribution in [0.4, 0.5) is 8.78 Å². The van der Waals surface area contributed by atoms with E-state index in [2.05, 4.69) is 5.32 Å². The molecule has 0 spiro atoms. The maximum Gasteiger partial charge on any atom is 0.191 e. The zero-order valence-electron chi connectivity index (χ0n) is 14.9. The molecule has 0 aromatic heterocycles. The van der Waals surface area contributed by atoms with E-state index in [4.69, 9.17) is 4.74 Å². The average Bonchev–Trinajstić information content (AvgIpc) is 3.19. The molecule has 1 N–H and O–H groups in total. The molecule has 27 heavy (non-hydrogen) atoms. The van der Waals surface area contributed by atoms with Gasteiger partial charge in [0.2, 0.25) is 0 Å². The van der Waals surface area contributed by atoms with Gasteiger partial charge < -0.3 is 10.1 Å². The summed E-state index contributed by atoms with van der Waals surface area (Å²) in [7, 11) is -3.32. The molecule has 1 heterocycles. The number of halogens is 2. The van der Waals surface area contributed by atoms with E-state index in [1.165, 1.54) is 36.4 Å². The summed E-state index contributed by atoms with van der Waals surface area (Å²) in [5.41, 5.74) is 0.873. The van der Waals surface area contributed by atoms with Crippen molar-refractivity contribution in [1.82, 2.24) is 5.32 Å². The van der Waals surface area contributed by atoms with Crippen molar-refractivity contribution >= 4 is 9.84 Å². The van der Waals surface area contributed by atoms with Crippen molar-refractivity contribution in [2.45, 2.75) is 23.8 Å². The molecule has 0 bridgehead atoms. The van der Waals surface area contributed by atoms with Crippen molar-refractivity contribution in [2.75, 3.05) is 19.3 Å². The van der Waals surface area contributed by atoms with Gasteiger partial charge in [0, 0.05) is 6.26 Å². The minimum Gasteiger partial charge on any atom is -0.484 e. The number of ether oxygens (including phenoxy) is 1. The first kappa shape index (κ1) is 18.4. The Morgan fingerprint density at radius 2 is 1.52 bits per heavy atom. The predicted molar refractivity (Wildman–Crippen MR) is 98.4 cm³/mol. The highest BCUT2D eigenvalue weighted by Crippen LogP contribution is 2.38. The van der Waals surface area contributed by atoms with Crippen LogP contribution in [0.2, 0.25) is 0 Å². The monoisotopic (exact) mass is 393 g/mol. The normalized spacial score (nSPS) is 24.8. The lowest BCUT2D eigenvalue weighted by molar-refractivity contribution is 0.182. The Hall–Kier alpha value is -1.99. The van der Waals surface area contributed by atoms with Gasteiger partial charge in [-0.25, -0.2) is 17.2 Å². The molecule has 7 heteroatoms. The Morgan fingerprint density at radius 1 is 0.963 bits per heavy atom. The summed E-state index contributed by atoms with van der Waals surface area (Å²) in [6.07, 6.45) is 2.57. The highest BCUT2D eigenvalue weighted by Gasteiger charge is 2.39. The SMILES string of the molecule is CS(=O)(=O)c1ccc(-c2cc(F)c(OC3CC4CNC[C@@H]4C3)c(F)c2)cc1. The van der Waals surface area contributed by atoms with Crippen LogP contribution >= 0.6 is 0 Å². The lowest BCUT2D eigenvalue weighted by atomic mass is 10.0. The quantitative estimate of drug-likeness (QED) is 0.865. The van der Waals surface area contributed by atoms with Crippen LogP contribution in [0.1, 0.15) is 12.8 Å². The zero-order chi connectivity index (χ0) is 19.2. The molecular formula is C20H21F2NO3S. The fourth-order valence-corrected chi connectivity index (χ4v) is 4.74. The second-order valence-corrected chi connectivity index (χ2v) is 9.47. The van der Waals surface area contributed by atoms with Gasteiger partial charge >= 0.3 is 0 Å². The van der Waals surface area contributed by atoms with Gasteiger partial charge in [-0.2, -0.15) is 0 Å². The summed E-state index contributed by atoms with van der Waals surface area (Å²) < 4.78 is 57.8. The van der Waals surface area contributed by atoms with Crippen LogP contribution in [0.25, 0.3) is 11.1 Å². The standard InChI is InChI=1S/C20H21F2NO3S/c1-27(24,25)17-4-2-12(3-5-17)13-8-18(21)20(19(22)9-13)26-16-6-14-10-23-11-15(14)7-16/h2-5,8-9,14-16,23H,6-7,10-11H2,1H3/t14-,15?,16?/m0/s1. The fourth-order valence-electron chi connectivity index (χ4n) is 4.11. The van der Waals surface area contributed by atoms with Gasteiger partial charge in [0.15, 0.2) is 27.2 Å². The highest BCUT2D eigenvalue weighted by molar-refractivity contribution is 7.90. The Labute approximate surface area is 157 Å². The molecule has 4 rings (SSSR count). The Bertz CT molecular complexity index is 925. The third kappa shape index (κ3) is 3.71. The van der Waals surface area contributed by atoms with E-state index in [0.29, 0.717) is 23.0 Å². The van der Waals surface area contributed by atoms with E-state index in [9.17, 15) is 17.2 Å². The van der Waals surface area contributed by atoms with E-state index in [0.717, 1.165) is 32.2 Å². The van der Waals surface area contributed by atoms with E-state index in [1.807, 2.05) is 0 Å². The summed E-state index contributed by atoms with van der Waals surface area (Å²) in [6.45, 7) is 1.88. The molecule has 0 amide bonds. The highest BCUT2D eigenvalue weighted by atomic mass is 32.2. The molecular weight excluding hydrogens is 372 g/mol. The second kappa shape index (κ2) is 6.87. The van der Waals surface area contributed by atoms with E-state index >= 15 is 0 Å². The first-order chi connectivity index (χ1) is 12.8. The number of fused-ring (bicyclic) bond motifs is 1. The van der Waals surface area contributed by atoms with E-state index in [1.54, 1.807) is 0 Å². The van der Waals surface area contributed by atoms with Crippen LogP contribution < -0.4 is 10.1 Å². The summed E-state index contributed by atoms with van der Waals surface area (Å²) in [4.78, 5) is 0.161. The number of hydrogen-bond acceptors (Lipinski definition) is 4. The van der Waals surface area contributed by atoms with Crippen LogP contribution in [0, 0.1) is 23.5 Å². The van der Waals surface area contributed by atoms with Gasteiger partial charge in [0.05, 0.1) is 11.0 Å². The van der Waals surface area contributed by atoms with E-state index in [-0.39, 0.29) is 16.7 Å². The summed E-state index contributed by atoms with van der Waals surface area (Å²) >= 11 is 0. The molecule has 1 aliphatic heterocycles. The van der Waals surface area contributed by atoms with Gasteiger partial charge in [-0.3, -0.25) is 0 Å². The van der Waals surface area contributed by atoms with Crippen molar-refractivity contribution in [3.63, 3.8) is 0 Å². The van der Waals surface area contributed by atoms with Crippen LogP contribution in [0.3, 0.4) is 0 Å². The number of sulfone groups is 1. The summed E-state index contributed by atoms with van der Waals surface area (Å²) in [5.74, 6) is -0.772. The Balaban J connectivity index is 1.55. The second-order valence-electron chi connectivity index (χ2n) is 7.46. The molecule has 3 atom stereocenters. The lowest BCUT2D eigenvalue weighted by Crippen LogP contribution is -2.19. The minimum atomic E-state index is -3.32. The first-order valence-corrected chi connectivity index (χ1v) is 10.9. The maximum absolute atomic E-state index is 14.5. The molecule has 2 aliphatic rings. The van der Waals surface area contributed by atoms with Crippen molar-refractivity contribution in [1.29, 1.82) is 0 Å². The van der Waals surface area contributed by atoms with Crippen LogP contribution in [0.15, 0.2) is 41.3 Å². The number of rotatable bonds is 4. The third-order valence-corrected chi connectivity index (χ3v) is 6.64. The molecule has 1 saturated heterocycles. The maximum atomic E-state index is 14.5. The lowest BCUT2D eigenvalue weighted by Gasteiger charge is -2.17. The Kier molecular flexibility index (Phi) is 4.68. The topological polar surface area (TPSA) is 55.4 Å². The van der Waals surface area contributed by atoms with Gasteiger partial charge in [0.1, 0.15) is 0 Å². The van der Waals surface area contributed by atoms with Crippen molar-refractivity contribution in [3.05, 3.63) is 48.0 Å². The predicted octanol–water partition coefficient (Wildman–Crippen LogP) is 3.41. The number of hydrogen-bond donors (Lipinski definition) is 1. The van der Waals surface area contributed by atoms with Crippen molar-refractivity contribution in [2.24, 2.45) is 11.8 Å². The van der Waals surface area contributed by atoms with Gasteiger partial charge in [-0.15, -0.1) is 0 Å². The average molecular weight is 393 g/mol. The van der Waals surface area contributed by atoms with Crippen molar-refractivity contribution < 1.29 is 21.9 Å². The Morgan fingerprint density at radius 3 is 2.04 bits per heavy atom. The first-order valence-electron chi connectivity index (χ1n) is 8.98. The van der Waals surface area contributed by atoms with Gasteiger partial charge in [-0.05, 0) is 73.2 Å². The molecule has 2 aromatic rings. The zero-order valence-corrected chi connectivity index (χ0v) is 15.7. The number of benzene rings is 2. The molecule has 2 fully saturated rings. The van der Waals surface area contributed by atoms with Gasteiger partial charge in [0.25, 0.3) is 0 Å². The third-order valence-electron chi connectivity index (χ3n) is 5.51. The fraction of sp³-hybridized carbons (Fsp3) is 0.400. The van der Waals surface area contributed by atoms with Crippen LogP contribution in [0.5, 0.6) is 5.75 Å². The molecule has 0 radical (unpaired) electrons.